The van der Waals surface area contributed by atoms with Gasteiger partial charge in [-0.1, -0.05) is 66.4 Å². The normalized spacial score (nSPS) is 11.7. The molecule has 0 fully saturated rings. The Morgan fingerprint density at radius 3 is 2.15 bits per heavy atom. The van der Waals surface area contributed by atoms with Crippen LogP contribution >= 0.6 is 0 Å². The Morgan fingerprint density at radius 2 is 1.53 bits per heavy atom. The van der Waals surface area contributed by atoms with Crippen LogP contribution in [0, 0.1) is 29.1 Å². The van der Waals surface area contributed by atoms with Crippen molar-refractivity contribution in [3.05, 3.63) is 120 Å². The maximum absolute atomic E-state index is 13.6. The summed E-state index contributed by atoms with van der Waals surface area (Å²) in [5.74, 6) is 5.23. The predicted molar refractivity (Wildman–Crippen MR) is 181 cm³/mol. The third-order valence-electron chi connectivity index (χ3n) is 7.12. The molecular weight excluding hydrogens is 612 g/mol. The molecular formula is C38H36N2O6S. The number of benzene rings is 4. The largest absolute Gasteiger partial charge is 0.469 e. The molecule has 4 rings (SSSR count). The zero-order valence-electron chi connectivity index (χ0n) is 26.8. The van der Waals surface area contributed by atoms with Crippen LogP contribution in [0.5, 0.6) is 0 Å². The summed E-state index contributed by atoms with van der Waals surface area (Å²) in [5.41, 5.74) is 3.41. The van der Waals surface area contributed by atoms with E-state index in [2.05, 4.69) is 17.9 Å². The molecule has 1 atom stereocenters. The lowest BCUT2D eigenvalue weighted by Gasteiger charge is -2.27. The van der Waals surface area contributed by atoms with Gasteiger partial charge in [-0.15, -0.1) is 0 Å². The van der Waals surface area contributed by atoms with E-state index in [-0.39, 0.29) is 23.0 Å². The number of anilines is 1. The van der Waals surface area contributed by atoms with Crippen molar-refractivity contribution in [1.82, 2.24) is 0 Å². The van der Waals surface area contributed by atoms with Gasteiger partial charge in [0.05, 0.1) is 35.2 Å². The molecule has 47 heavy (non-hydrogen) atoms. The Hall–Kier alpha value is -5.38. The first kappa shape index (κ1) is 34.5. The molecule has 0 heterocycles. The number of aryl methyl sites for hydroxylation is 1. The topological polar surface area (TPSA) is 114 Å². The van der Waals surface area contributed by atoms with Gasteiger partial charge >= 0.3 is 12.1 Å². The first-order valence-corrected chi connectivity index (χ1v) is 16.4. The van der Waals surface area contributed by atoms with Crippen LogP contribution in [0.3, 0.4) is 0 Å². The van der Waals surface area contributed by atoms with Gasteiger partial charge in [0.15, 0.2) is 0 Å². The molecule has 0 bridgehead atoms. The van der Waals surface area contributed by atoms with Crippen molar-refractivity contribution in [3.8, 4) is 29.0 Å². The highest BCUT2D eigenvalue weighted by Gasteiger charge is 2.34. The minimum atomic E-state index is -4.31. The van der Waals surface area contributed by atoms with Crippen molar-refractivity contribution in [1.29, 1.82) is 5.26 Å². The molecule has 0 saturated carbocycles. The number of hydrogen-bond acceptors (Lipinski definition) is 7. The minimum absolute atomic E-state index is 0.103. The Bertz CT molecular complexity index is 1910. The second kappa shape index (κ2) is 15.3. The lowest BCUT2D eigenvalue weighted by atomic mass is 9.95. The van der Waals surface area contributed by atoms with Crippen molar-refractivity contribution in [2.24, 2.45) is 5.92 Å². The first-order chi connectivity index (χ1) is 22.4. The number of methoxy groups -OCH3 is 1. The molecule has 1 amide bonds. The summed E-state index contributed by atoms with van der Waals surface area (Å²) in [4.78, 5) is 25.4. The van der Waals surface area contributed by atoms with Crippen LogP contribution in [-0.4, -0.2) is 33.2 Å². The molecule has 0 aliphatic carbocycles. The number of sulfonamides is 1. The molecule has 0 aromatic heterocycles. The molecule has 0 N–H and O–H groups in total. The van der Waals surface area contributed by atoms with E-state index in [1.165, 1.54) is 31.4 Å². The second-order valence-electron chi connectivity index (χ2n) is 11.8. The number of rotatable bonds is 9. The zero-order chi connectivity index (χ0) is 34.0. The van der Waals surface area contributed by atoms with Gasteiger partial charge in [0, 0.05) is 12.0 Å². The van der Waals surface area contributed by atoms with Crippen molar-refractivity contribution < 1.29 is 27.5 Å². The van der Waals surface area contributed by atoms with E-state index in [9.17, 15) is 23.3 Å². The Morgan fingerprint density at radius 1 is 0.851 bits per heavy atom. The van der Waals surface area contributed by atoms with Crippen LogP contribution in [0.4, 0.5) is 10.5 Å². The minimum Gasteiger partial charge on any atom is -0.469 e. The number of esters is 1. The number of nitrogens with zero attached hydrogens (tertiary/aromatic N) is 2. The first-order valence-electron chi connectivity index (χ1n) is 15.0. The van der Waals surface area contributed by atoms with Gasteiger partial charge in [0.25, 0.3) is 10.0 Å². The number of ether oxygens (including phenoxy) is 2. The molecule has 0 aliphatic rings. The molecule has 1 unspecified atom stereocenters. The Kier molecular flexibility index (Phi) is 11.2. The van der Waals surface area contributed by atoms with Gasteiger partial charge in [0.1, 0.15) is 5.60 Å². The van der Waals surface area contributed by atoms with E-state index in [0.29, 0.717) is 28.3 Å². The molecule has 8 nitrogen and oxygen atoms in total. The summed E-state index contributed by atoms with van der Waals surface area (Å²) in [6.07, 6.45) is 0.415. The van der Waals surface area contributed by atoms with E-state index in [4.69, 9.17) is 9.47 Å². The highest BCUT2D eigenvalue weighted by molar-refractivity contribution is 7.93. The van der Waals surface area contributed by atoms with Gasteiger partial charge in [-0.3, -0.25) is 4.79 Å². The lowest BCUT2D eigenvalue weighted by Crippen LogP contribution is -2.41. The fraction of sp³-hybridized carbons (Fsp3) is 0.237. The van der Waals surface area contributed by atoms with Crippen LogP contribution < -0.4 is 4.31 Å². The summed E-state index contributed by atoms with van der Waals surface area (Å²) < 4.78 is 38.3. The van der Waals surface area contributed by atoms with Gasteiger partial charge in [-0.05, 0) is 98.8 Å². The van der Waals surface area contributed by atoms with E-state index < -0.39 is 27.6 Å². The fourth-order valence-electron chi connectivity index (χ4n) is 4.74. The van der Waals surface area contributed by atoms with E-state index in [0.717, 1.165) is 16.7 Å². The second-order valence-corrected chi connectivity index (χ2v) is 13.6. The van der Waals surface area contributed by atoms with Gasteiger partial charge in [0.2, 0.25) is 0 Å². The molecule has 9 heteroatoms. The average Bonchev–Trinajstić information content (AvgIpc) is 3.06. The van der Waals surface area contributed by atoms with Crippen molar-refractivity contribution in [3.63, 3.8) is 0 Å². The lowest BCUT2D eigenvalue weighted by molar-refractivity contribution is -0.145. The van der Waals surface area contributed by atoms with Crippen LogP contribution in [0.1, 0.15) is 50.3 Å². The summed E-state index contributed by atoms with van der Waals surface area (Å²) in [6.45, 7) is 4.99. The molecule has 0 spiro atoms. The predicted octanol–water partition coefficient (Wildman–Crippen LogP) is 7.52. The summed E-state index contributed by atoms with van der Waals surface area (Å²) in [6, 6.07) is 31.5. The number of amides is 1. The van der Waals surface area contributed by atoms with Crippen molar-refractivity contribution in [2.45, 2.75) is 50.5 Å². The van der Waals surface area contributed by atoms with Crippen molar-refractivity contribution >= 4 is 27.8 Å². The molecule has 0 aliphatic heterocycles. The SMILES string of the molecule is COC(=O)C(CC#Cc1ccc(S(=O)(=O)N(C(=O)OC(C)(C)C)c2ccccc2)cc1)CCc1ccc(-c2cccc(C#N)c2)cc1. The maximum atomic E-state index is 13.6. The maximum Gasteiger partial charge on any atom is 0.429 e. The third kappa shape index (κ3) is 9.32. The van der Waals surface area contributed by atoms with Crippen molar-refractivity contribution in [2.75, 3.05) is 11.4 Å². The van der Waals surface area contributed by atoms with Crippen LogP contribution in [-0.2, 0) is 30.7 Å². The average molecular weight is 649 g/mol. The Balaban J connectivity index is 1.44. The van der Waals surface area contributed by atoms with Crippen LogP contribution in [0.25, 0.3) is 11.1 Å². The number of para-hydroxylation sites is 1. The molecule has 0 saturated heterocycles. The summed E-state index contributed by atoms with van der Waals surface area (Å²) in [7, 11) is -2.96. The fourth-order valence-corrected chi connectivity index (χ4v) is 6.07. The zero-order valence-corrected chi connectivity index (χ0v) is 27.6. The monoisotopic (exact) mass is 648 g/mol. The molecule has 240 valence electrons. The van der Waals surface area contributed by atoms with Crippen LogP contribution in [0.2, 0.25) is 0 Å². The highest BCUT2D eigenvalue weighted by Crippen LogP contribution is 2.27. The molecule has 4 aromatic carbocycles. The number of carbonyl (C=O) groups is 2. The highest BCUT2D eigenvalue weighted by atomic mass is 32.2. The van der Waals surface area contributed by atoms with Gasteiger partial charge < -0.3 is 9.47 Å². The summed E-state index contributed by atoms with van der Waals surface area (Å²) in [5, 5.41) is 9.17. The van der Waals surface area contributed by atoms with E-state index in [1.807, 2.05) is 42.5 Å². The van der Waals surface area contributed by atoms with E-state index in [1.54, 1.807) is 57.2 Å². The van der Waals surface area contributed by atoms with Crippen LogP contribution in [0.15, 0.2) is 108 Å². The smallest absolute Gasteiger partial charge is 0.429 e. The van der Waals surface area contributed by atoms with Gasteiger partial charge in [-0.25, -0.2) is 13.2 Å². The third-order valence-corrected chi connectivity index (χ3v) is 8.83. The van der Waals surface area contributed by atoms with Gasteiger partial charge in [-0.2, -0.15) is 9.57 Å². The van der Waals surface area contributed by atoms with E-state index >= 15 is 0 Å². The number of nitriles is 1. The number of carbonyl (C=O) groups excluding carboxylic acids is 2. The molecule has 0 radical (unpaired) electrons. The number of hydrogen-bond donors (Lipinski definition) is 0. The quantitative estimate of drug-likeness (QED) is 0.136. The molecule has 4 aromatic rings. The standard InChI is InChI=1S/C38H36N2O6S/c1-38(2,3)46-37(42)40(34-14-6-5-7-15-34)47(43,44)35-24-19-28(20-25-35)10-8-12-32(36(41)45-4)23-18-29-16-21-31(22-17-29)33-13-9-11-30(26-33)27-39/h5-7,9,11,13-17,19-22,24-26,32H,12,18,23H2,1-4H3. The summed E-state index contributed by atoms with van der Waals surface area (Å²) >= 11 is 0. The Labute approximate surface area is 276 Å².